The Balaban J connectivity index is 4.05. The third kappa shape index (κ3) is 4.84. The van der Waals surface area contributed by atoms with Crippen LogP contribution in [0, 0.1) is 0 Å². The highest BCUT2D eigenvalue weighted by atomic mass is 16.2. The lowest BCUT2D eigenvalue weighted by molar-refractivity contribution is -0.135. The maximum Gasteiger partial charge on any atom is 0.239 e. The number of likely N-dealkylation sites (N-methyl/N-ethyl adjacent to an activating group) is 1. The first-order valence-electron chi connectivity index (χ1n) is 5.08. The van der Waals surface area contributed by atoms with Gasteiger partial charge in [-0.1, -0.05) is 6.92 Å². The second kappa shape index (κ2) is 6.40. The zero-order valence-corrected chi connectivity index (χ0v) is 9.46. The predicted octanol–water partition coefficient (Wildman–Crippen LogP) is 0.769. The van der Waals surface area contributed by atoms with Crippen molar-refractivity contribution in [2.45, 2.75) is 40.2 Å². The fourth-order valence-corrected chi connectivity index (χ4v) is 1.14. The van der Waals surface area contributed by atoms with Crippen molar-refractivity contribution >= 4 is 11.8 Å². The molecule has 0 heterocycles. The van der Waals surface area contributed by atoms with E-state index in [0.29, 0.717) is 13.0 Å². The number of hydrogen-bond acceptors (Lipinski definition) is 2. The van der Waals surface area contributed by atoms with Crippen molar-refractivity contribution in [1.82, 2.24) is 10.2 Å². The van der Waals surface area contributed by atoms with Gasteiger partial charge in [0.15, 0.2) is 0 Å². The van der Waals surface area contributed by atoms with Gasteiger partial charge >= 0.3 is 0 Å². The van der Waals surface area contributed by atoms with Gasteiger partial charge in [0, 0.05) is 19.0 Å². The number of amides is 2. The Morgan fingerprint density at radius 1 is 1.29 bits per heavy atom. The molecule has 0 unspecified atom stereocenters. The maximum atomic E-state index is 11.3. The van der Waals surface area contributed by atoms with Crippen molar-refractivity contribution in [2.24, 2.45) is 0 Å². The molecule has 0 radical (unpaired) electrons. The zero-order valence-electron chi connectivity index (χ0n) is 9.46. The van der Waals surface area contributed by atoms with Crippen LogP contribution in [0.5, 0.6) is 0 Å². The van der Waals surface area contributed by atoms with Crippen molar-refractivity contribution in [3.8, 4) is 0 Å². The van der Waals surface area contributed by atoms with E-state index in [1.807, 2.05) is 20.8 Å². The molecule has 1 N–H and O–H groups in total. The van der Waals surface area contributed by atoms with Gasteiger partial charge in [-0.3, -0.25) is 9.59 Å². The second-order valence-electron chi connectivity index (χ2n) is 3.48. The highest BCUT2D eigenvalue weighted by molar-refractivity contribution is 5.84. The average Bonchev–Trinajstić information content (AvgIpc) is 2.11. The largest absolute Gasteiger partial charge is 0.352 e. The molecule has 0 aliphatic heterocycles. The van der Waals surface area contributed by atoms with E-state index >= 15 is 0 Å². The molecule has 0 aromatic heterocycles. The minimum atomic E-state index is -0.0938. The lowest BCUT2D eigenvalue weighted by Gasteiger charge is -2.20. The molecule has 0 spiro atoms. The van der Waals surface area contributed by atoms with Crippen molar-refractivity contribution in [2.75, 3.05) is 13.1 Å². The minimum absolute atomic E-state index is 0.0198. The number of nitrogens with zero attached hydrogens (tertiary/aromatic N) is 1. The first-order valence-corrected chi connectivity index (χ1v) is 5.08. The average molecular weight is 200 g/mol. The monoisotopic (exact) mass is 200 g/mol. The van der Waals surface area contributed by atoms with Crippen molar-refractivity contribution in [3.05, 3.63) is 0 Å². The predicted molar refractivity (Wildman–Crippen MR) is 55.8 cm³/mol. The lowest BCUT2D eigenvalue weighted by Crippen LogP contribution is -2.42. The van der Waals surface area contributed by atoms with Gasteiger partial charge in [-0.15, -0.1) is 0 Å². The van der Waals surface area contributed by atoms with Crippen LogP contribution in [-0.2, 0) is 9.59 Å². The highest BCUT2D eigenvalue weighted by Crippen LogP contribution is 1.93. The molecule has 4 heteroatoms. The Hall–Kier alpha value is -1.06. The molecule has 0 bridgehead atoms. The molecule has 0 rings (SSSR count). The van der Waals surface area contributed by atoms with Crippen LogP contribution in [0.2, 0.25) is 0 Å². The zero-order chi connectivity index (χ0) is 11.1. The van der Waals surface area contributed by atoms with E-state index in [1.165, 1.54) is 0 Å². The van der Waals surface area contributed by atoms with Crippen LogP contribution in [-0.4, -0.2) is 35.8 Å². The number of carbonyl (C=O) groups excluding carboxylic acids is 2. The summed E-state index contributed by atoms with van der Waals surface area (Å²) in [6.07, 6.45) is 0.447. The van der Waals surface area contributed by atoms with Crippen LogP contribution in [0.3, 0.4) is 0 Å². The normalized spacial score (nSPS) is 10.1. The number of carbonyl (C=O) groups is 2. The smallest absolute Gasteiger partial charge is 0.239 e. The first kappa shape index (κ1) is 12.9. The highest BCUT2D eigenvalue weighted by Gasteiger charge is 2.13. The summed E-state index contributed by atoms with van der Waals surface area (Å²) in [7, 11) is 0. The van der Waals surface area contributed by atoms with Crippen LogP contribution >= 0.6 is 0 Å². The summed E-state index contributed by atoms with van der Waals surface area (Å²) < 4.78 is 0. The van der Waals surface area contributed by atoms with Gasteiger partial charge in [-0.25, -0.2) is 0 Å². The van der Waals surface area contributed by atoms with Gasteiger partial charge in [-0.2, -0.15) is 0 Å². The third-order valence-electron chi connectivity index (χ3n) is 1.82. The van der Waals surface area contributed by atoms with E-state index in [0.717, 1.165) is 0 Å². The van der Waals surface area contributed by atoms with Gasteiger partial charge in [0.1, 0.15) is 0 Å². The van der Waals surface area contributed by atoms with Crippen molar-refractivity contribution in [1.29, 1.82) is 0 Å². The topological polar surface area (TPSA) is 49.4 Å². The molecule has 4 nitrogen and oxygen atoms in total. The third-order valence-corrected chi connectivity index (χ3v) is 1.82. The van der Waals surface area contributed by atoms with Crippen LogP contribution in [0.25, 0.3) is 0 Å². The quantitative estimate of drug-likeness (QED) is 0.712. The SMILES string of the molecule is CCC(=O)N(CC)CC(=O)NC(C)C. The van der Waals surface area contributed by atoms with Gasteiger partial charge in [-0.05, 0) is 20.8 Å². The molecule has 0 fully saturated rings. The lowest BCUT2D eigenvalue weighted by atomic mass is 10.3. The molecule has 0 atom stereocenters. The summed E-state index contributed by atoms with van der Waals surface area (Å²) >= 11 is 0. The fraction of sp³-hybridized carbons (Fsp3) is 0.800. The number of hydrogen-bond donors (Lipinski definition) is 1. The molecule has 0 saturated heterocycles. The van der Waals surface area contributed by atoms with Crippen LogP contribution in [0.1, 0.15) is 34.1 Å². The molecular weight excluding hydrogens is 180 g/mol. The molecule has 0 saturated carbocycles. The van der Waals surface area contributed by atoms with Crippen LogP contribution in [0.4, 0.5) is 0 Å². The van der Waals surface area contributed by atoms with E-state index in [-0.39, 0.29) is 24.4 Å². The molecular formula is C10H20N2O2. The molecule has 82 valence electrons. The molecule has 0 aliphatic carbocycles. The summed E-state index contributed by atoms with van der Waals surface area (Å²) in [5.41, 5.74) is 0. The van der Waals surface area contributed by atoms with E-state index in [1.54, 1.807) is 11.8 Å². The number of rotatable bonds is 5. The van der Waals surface area contributed by atoms with Crippen LogP contribution < -0.4 is 5.32 Å². The first-order chi connectivity index (χ1) is 6.51. The summed E-state index contributed by atoms with van der Waals surface area (Å²) in [5.74, 6) is -0.0740. The summed E-state index contributed by atoms with van der Waals surface area (Å²) in [6.45, 7) is 8.22. The Bertz CT molecular complexity index is 202. The Labute approximate surface area is 85.7 Å². The Kier molecular flexibility index (Phi) is 5.92. The molecule has 0 aromatic carbocycles. The van der Waals surface area contributed by atoms with Gasteiger partial charge in [0.05, 0.1) is 6.54 Å². The van der Waals surface area contributed by atoms with Gasteiger partial charge in [0.2, 0.25) is 11.8 Å². The summed E-state index contributed by atoms with van der Waals surface area (Å²) in [4.78, 5) is 24.2. The standard InChI is InChI=1S/C10H20N2O2/c1-5-10(14)12(6-2)7-9(13)11-8(3)4/h8H,5-7H2,1-4H3,(H,11,13). The number of nitrogens with one attached hydrogen (secondary N) is 1. The Morgan fingerprint density at radius 2 is 1.86 bits per heavy atom. The van der Waals surface area contributed by atoms with E-state index in [4.69, 9.17) is 0 Å². The summed E-state index contributed by atoms with van der Waals surface area (Å²) in [6, 6.07) is 0.123. The van der Waals surface area contributed by atoms with E-state index in [2.05, 4.69) is 5.32 Å². The van der Waals surface area contributed by atoms with Gasteiger partial charge < -0.3 is 10.2 Å². The second-order valence-corrected chi connectivity index (χ2v) is 3.48. The maximum absolute atomic E-state index is 11.3. The molecule has 0 aromatic rings. The Morgan fingerprint density at radius 3 is 2.21 bits per heavy atom. The molecule has 14 heavy (non-hydrogen) atoms. The van der Waals surface area contributed by atoms with Crippen LogP contribution in [0.15, 0.2) is 0 Å². The fourth-order valence-electron chi connectivity index (χ4n) is 1.14. The van der Waals surface area contributed by atoms with Gasteiger partial charge in [0.25, 0.3) is 0 Å². The minimum Gasteiger partial charge on any atom is -0.352 e. The van der Waals surface area contributed by atoms with Crippen molar-refractivity contribution < 1.29 is 9.59 Å². The molecule has 0 aliphatic rings. The molecule has 2 amide bonds. The summed E-state index contributed by atoms with van der Waals surface area (Å²) in [5, 5.41) is 2.75. The van der Waals surface area contributed by atoms with Crippen molar-refractivity contribution in [3.63, 3.8) is 0 Å². The van der Waals surface area contributed by atoms with E-state index in [9.17, 15) is 9.59 Å². The van der Waals surface area contributed by atoms with E-state index < -0.39 is 0 Å².